The summed E-state index contributed by atoms with van der Waals surface area (Å²) in [7, 11) is 0. The van der Waals surface area contributed by atoms with Crippen molar-refractivity contribution in [1.82, 2.24) is 5.32 Å². The summed E-state index contributed by atoms with van der Waals surface area (Å²) in [5, 5.41) is 13.6. The van der Waals surface area contributed by atoms with Crippen molar-refractivity contribution in [3.05, 3.63) is 57.8 Å². The fraction of sp³-hybridized carbons (Fsp3) is 0.417. The van der Waals surface area contributed by atoms with Gasteiger partial charge in [-0.1, -0.05) is 35.3 Å². The molecule has 6 nitrogen and oxygen atoms in total. The van der Waals surface area contributed by atoms with Gasteiger partial charge in [0, 0.05) is 28.1 Å². The lowest BCUT2D eigenvalue weighted by Crippen LogP contribution is -2.43. The van der Waals surface area contributed by atoms with Crippen LogP contribution >= 0.6 is 23.2 Å². The summed E-state index contributed by atoms with van der Waals surface area (Å²) in [4.78, 5) is 24.2. The predicted octanol–water partition coefficient (Wildman–Crippen LogP) is 5.55. The molecule has 0 aromatic heterocycles. The van der Waals surface area contributed by atoms with Gasteiger partial charge in [-0.05, 0) is 69.5 Å². The molecular weight excluding hydrogens is 472 g/mol. The third kappa shape index (κ3) is 8.50. The van der Waals surface area contributed by atoms with Crippen LogP contribution in [0.4, 0.5) is 9.18 Å². The van der Waals surface area contributed by atoms with E-state index in [1.165, 1.54) is 18.2 Å². The normalized spacial score (nSPS) is 13.2. The molecule has 2 rings (SSSR count). The second-order valence-electron chi connectivity index (χ2n) is 8.48. The van der Waals surface area contributed by atoms with Gasteiger partial charge >= 0.3 is 12.1 Å². The molecule has 2 aromatic carbocycles. The van der Waals surface area contributed by atoms with Gasteiger partial charge in [0.2, 0.25) is 0 Å². The fourth-order valence-electron chi connectivity index (χ4n) is 3.14. The van der Waals surface area contributed by atoms with E-state index in [-0.39, 0.29) is 19.4 Å². The molecule has 0 spiro atoms. The molecule has 0 aliphatic rings. The number of amides is 1. The van der Waals surface area contributed by atoms with Crippen LogP contribution in [0.25, 0.3) is 11.1 Å². The van der Waals surface area contributed by atoms with Crippen LogP contribution in [0.3, 0.4) is 0 Å². The molecule has 2 N–H and O–H groups in total. The van der Waals surface area contributed by atoms with Crippen molar-refractivity contribution in [1.29, 1.82) is 0 Å². The molecule has 0 heterocycles. The van der Waals surface area contributed by atoms with E-state index in [0.717, 1.165) is 0 Å². The standard InChI is InChI=1S/C24H28Cl2FNO5/c1-5-32-22(30)21(29)13-17(28-23(31)33-24(2,3)4)10-15-7-6-14(11-19(15)26)18-12-16(25)8-9-20(18)27/h6-9,11-12,17,21,29H,5,10,13H2,1-4H3,(H,28,31). The lowest BCUT2D eigenvalue weighted by atomic mass is 9.97. The van der Waals surface area contributed by atoms with Crippen LogP contribution in [0.5, 0.6) is 0 Å². The van der Waals surface area contributed by atoms with E-state index in [1.54, 1.807) is 45.9 Å². The minimum absolute atomic E-state index is 0.112. The zero-order chi connectivity index (χ0) is 24.8. The molecule has 33 heavy (non-hydrogen) atoms. The van der Waals surface area contributed by atoms with Gasteiger partial charge < -0.3 is 19.9 Å². The highest BCUT2D eigenvalue weighted by Crippen LogP contribution is 2.30. The molecule has 0 aliphatic heterocycles. The number of carbonyl (C=O) groups excluding carboxylic acids is 2. The molecule has 2 aromatic rings. The quantitative estimate of drug-likeness (QED) is 0.465. The van der Waals surface area contributed by atoms with Gasteiger partial charge in [0.15, 0.2) is 6.10 Å². The Kier molecular flexibility index (Phi) is 9.52. The van der Waals surface area contributed by atoms with Gasteiger partial charge in [-0.25, -0.2) is 14.0 Å². The van der Waals surface area contributed by atoms with Crippen molar-refractivity contribution in [3.8, 4) is 11.1 Å². The Morgan fingerprint density at radius 2 is 1.85 bits per heavy atom. The molecule has 0 bridgehead atoms. The first kappa shape index (κ1) is 26.9. The third-order valence-electron chi connectivity index (χ3n) is 4.55. The van der Waals surface area contributed by atoms with Crippen LogP contribution in [0.2, 0.25) is 10.0 Å². The summed E-state index contributed by atoms with van der Waals surface area (Å²) in [6.45, 7) is 6.91. The van der Waals surface area contributed by atoms with E-state index >= 15 is 0 Å². The zero-order valence-electron chi connectivity index (χ0n) is 19.0. The number of aliphatic hydroxyl groups excluding tert-OH is 1. The van der Waals surface area contributed by atoms with E-state index in [2.05, 4.69) is 5.32 Å². The number of alkyl carbamates (subject to hydrolysis) is 1. The fourth-order valence-corrected chi connectivity index (χ4v) is 3.57. The molecule has 1 amide bonds. The van der Waals surface area contributed by atoms with Crippen LogP contribution in [-0.4, -0.2) is 41.5 Å². The summed E-state index contributed by atoms with van der Waals surface area (Å²) in [5.74, 6) is -1.23. The summed E-state index contributed by atoms with van der Waals surface area (Å²) >= 11 is 12.4. The van der Waals surface area contributed by atoms with Crippen LogP contribution in [0.15, 0.2) is 36.4 Å². The summed E-state index contributed by atoms with van der Waals surface area (Å²) in [6.07, 6.45) is -2.06. The SMILES string of the molecule is CCOC(=O)C(O)CC(Cc1ccc(-c2cc(Cl)ccc2F)cc1Cl)NC(=O)OC(C)(C)C. The lowest BCUT2D eigenvalue weighted by molar-refractivity contribution is -0.153. The first-order chi connectivity index (χ1) is 15.4. The van der Waals surface area contributed by atoms with Crippen molar-refractivity contribution in [3.63, 3.8) is 0 Å². The second-order valence-corrected chi connectivity index (χ2v) is 9.32. The molecule has 0 saturated carbocycles. The number of ether oxygens (including phenoxy) is 2. The minimum atomic E-state index is -1.44. The summed E-state index contributed by atoms with van der Waals surface area (Å²) in [5.41, 5.74) is 0.735. The predicted molar refractivity (Wildman–Crippen MR) is 126 cm³/mol. The minimum Gasteiger partial charge on any atom is -0.464 e. The average Bonchev–Trinajstić information content (AvgIpc) is 2.70. The largest absolute Gasteiger partial charge is 0.464 e. The number of carbonyl (C=O) groups is 2. The van der Waals surface area contributed by atoms with Crippen molar-refractivity contribution in [2.24, 2.45) is 0 Å². The Morgan fingerprint density at radius 1 is 1.15 bits per heavy atom. The zero-order valence-corrected chi connectivity index (χ0v) is 20.5. The lowest BCUT2D eigenvalue weighted by Gasteiger charge is -2.25. The Hall–Kier alpha value is -2.35. The molecule has 2 atom stereocenters. The van der Waals surface area contributed by atoms with Crippen molar-refractivity contribution < 1.29 is 28.6 Å². The second kappa shape index (κ2) is 11.7. The van der Waals surface area contributed by atoms with Crippen LogP contribution < -0.4 is 5.32 Å². The summed E-state index contributed by atoms with van der Waals surface area (Å²) in [6, 6.07) is 8.52. The van der Waals surface area contributed by atoms with Crippen molar-refractivity contribution >= 4 is 35.3 Å². The monoisotopic (exact) mass is 499 g/mol. The number of rotatable bonds is 8. The first-order valence-electron chi connectivity index (χ1n) is 10.5. The molecule has 2 unspecified atom stereocenters. The maximum Gasteiger partial charge on any atom is 0.407 e. The van der Waals surface area contributed by atoms with E-state index in [1.807, 2.05) is 0 Å². The van der Waals surface area contributed by atoms with Gasteiger partial charge in [0.1, 0.15) is 11.4 Å². The number of nitrogens with one attached hydrogen (secondary N) is 1. The molecule has 0 saturated heterocycles. The molecule has 9 heteroatoms. The molecule has 0 radical (unpaired) electrons. The number of hydrogen-bond donors (Lipinski definition) is 2. The highest BCUT2D eigenvalue weighted by atomic mass is 35.5. The molecular formula is C24H28Cl2FNO5. The van der Waals surface area contributed by atoms with E-state index in [4.69, 9.17) is 32.7 Å². The number of benzene rings is 2. The topological polar surface area (TPSA) is 84.9 Å². The molecule has 180 valence electrons. The maximum absolute atomic E-state index is 14.2. The van der Waals surface area contributed by atoms with Crippen LogP contribution in [0, 0.1) is 5.82 Å². The number of hydrogen-bond acceptors (Lipinski definition) is 5. The van der Waals surface area contributed by atoms with Gasteiger partial charge in [-0.3, -0.25) is 0 Å². The van der Waals surface area contributed by atoms with E-state index in [9.17, 15) is 19.1 Å². The smallest absolute Gasteiger partial charge is 0.407 e. The first-order valence-corrected chi connectivity index (χ1v) is 11.2. The van der Waals surface area contributed by atoms with E-state index in [0.29, 0.717) is 26.7 Å². The van der Waals surface area contributed by atoms with E-state index < -0.39 is 35.6 Å². The van der Waals surface area contributed by atoms with Gasteiger partial charge in [0.05, 0.1) is 6.61 Å². The number of aliphatic hydroxyl groups is 1. The van der Waals surface area contributed by atoms with Crippen LogP contribution in [0.1, 0.15) is 39.7 Å². The average molecular weight is 500 g/mol. The highest BCUT2D eigenvalue weighted by molar-refractivity contribution is 6.32. The Bertz CT molecular complexity index is 993. The number of esters is 1. The van der Waals surface area contributed by atoms with Crippen LogP contribution in [-0.2, 0) is 20.7 Å². The van der Waals surface area contributed by atoms with Crippen molar-refractivity contribution in [2.75, 3.05) is 6.61 Å². The maximum atomic E-state index is 14.2. The van der Waals surface area contributed by atoms with Gasteiger partial charge in [0.25, 0.3) is 0 Å². The Balaban J connectivity index is 2.25. The van der Waals surface area contributed by atoms with Gasteiger partial charge in [-0.2, -0.15) is 0 Å². The summed E-state index contributed by atoms with van der Waals surface area (Å²) < 4.78 is 24.4. The Labute approximate surface area is 203 Å². The molecule has 0 fully saturated rings. The highest BCUT2D eigenvalue weighted by Gasteiger charge is 2.26. The molecule has 0 aliphatic carbocycles. The third-order valence-corrected chi connectivity index (χ3v) is 5.13. The number of halogens is 3. The van der Waals surface area contributed by atoms with Crippen molar-refractivity contribution in [2.45, 2.75) is 58.3 Å². The van der Waals surface area contributed by atoms with Gasteiger partial charge in [-0.15, -0.1) is 0 Å². The Morgan fingerprint density at radius 3 is 2.45 bits per heavy atom.